The quantitative estimate of drug-likeness (QED) is 0.704. The summed E-state index contributed by atoms with van der Waals surface area (Å²) < 4.78 is 2.39. The molecule has 1 aromatic carbocycles. The summed E-state index contributed by atoms with van der Waals surface area (Å²) in [6.45, 7) is 1.94. The van der Waals surface area contributed by atoms with Gasteiger partial charge in [-0.15, -0.1) is 11.3 Å². The Morgan fingerprint density at radius 3 is 2.71 bits per heavy atom. The maximum absolute atomic E-state index is 12.0. The van der Waals surface area contributed by atoms with Crippen LogP contribution in [0.2, 0.25) is 4.34 Å². The summed E-state index contributed by atoms with van der Waals surface area (Å²) in [6.07, 6.45) is 6.40. The molecular weight excluding hydrogens is 344 g/mol. The van der Waals surface area contributed by atoms with E-state index in [0.29, 0.717) is 4.34 Å². The lowest BCUT2D eigenvalue weighted by Crippen LogP contribution is -2.24. The van der Waals surface area contributed by atoms with Crippen LogP contribution in [0, 0.1) is 0 Å². The average Bonchev–Trinajstić information content (AvgIpc) is 3.25. The van der Waals surface area contributed by atoms with Crippen LogP contribution in [0.4, 0.5) is 0 Å². The van der Waals surface area contributed by atoms with Crippen LogP contribution in [0.25, 0.3) is 11.8 Å². The molecule has 24 heavy (non-hydrogen) atoms. The van der Waals surface area contributed by atoms with Gasteiger partial charge in [-0.05, 0) is 42.8 Å². The SMILES string of the molecule is CC(NC(=O)/C=C/c1ccc(Cl)s1)c1ccc(-n2cncn2)cc1. The predicted molar refractivity (Wildman–Crippen MR) is 96.3 cm³/mol. The van der Waals surface area contributed by atoms with Crippen molar-refractivity contribution in [1.29, 1.82) is 0 Å². The Labute approximate surface area is 148 Å². The van der Waals surface area contributed by atoms with Crippen LogP contribution in [0.15, 0.2) is 55.1 Å². The third-order valence-corrected chi connectivity index (χ3v) is 4.62. The zero-order valence-corrected chi connectivity index (χ0v) is 14.5. The molecule has 1 unspecified atom stereocenters. The molecule has 5 nitrogen and oxygen atoms in total. The molecule has 2 aromatic heterocycles. The van der Waals surface area contributed by atoms with Crippen LogP contribution in [0.1, 0.15) is 23.4 Å². The first-order chi connectivity index (χ1) is 11.6. The van der Waals surface area contributed by atoms with E-state index < -0.39 is 0 Å². The van der Waals surface area contributed by atoms with Gasteiger partial charge in [-0.3, -0.25) is 4.79 Å². The van der Waals surface area contributed by atoms with Crippen molar-refractivity contribution >= 4 is 34.9 Å². The number of hydrogen-bond donors (Lipinski definition) is 1. The number of nitrogens with one attached hydrogen (secondary N) is 1. The minimum absolute atomic E-state index is 0.0983. The summed E-state index contributed by atoms with van der Waals surface area (Å²) >= 11 is 7.29. The number of aromatic nitrogens is 3. The fourth-order valence-corrected chi connectivity index (χ4v) is 3.14. The second-order valence-electron chi connectivity index (χ2n) is 5.14. The number of amides is 1. The first-order valence-electron chi connectivity index (χ1n) is 7.31. The number of hydrogen-bond acceptors (Lipinski definition) is 4. The number of thiophene rings is 1. The Bertz CT molecular complexity index is 840. The second-order valence-corrected chi connectivity index (χ2v) is 6.88. The van der Waals surface area contributed by atoms with E-state index in [1.807, 2.05) is 43.3 Å². The Morgan fingerprint density at radius 2 is 2.08 bits per heavy atom. The van der Waals surface area contributed by atoms with Gasteiger partial charge in [0.25, 0.3) is 0 Å². The second kappa shape index (κ2) is 7.42. The molecule has 1 atom stereocenters. The molecule has 0 saturated carbocycles. The van der Waals surface area contributed by atoms with E-state index in [2.05, 4.69) is 15.4 Å². The van der Waals surface area contributed by atoms with Crippen molar-refractivity contribution in [2.75, 3.05) is 0 Å². The lowest BCUT2D eigenvalue weighted by atomic mass is 10.1. The van der Waals surface area contributed by atoms with Crippen LogP contribution in [-0.2, 0) is 4.79 Å². The average molecular weight is 359 g/mol. The van der Waals surface area contributed by atoms with Gasteiger partial charge >= 0.3 is 0 Å². The lowest BCUT2D eigenvalue weighted by molar-refractivity contribution is -0.117. The van der Waals surface area contributed by atoms with Crippen molar-refractivity contribution in [3.05, 3.63) is 69.9 Å². The molecule has 0 aliphatic heterocycles. The van der Waals surface area contributed by atoms with Gasteiger partial charge in [0.2, 0.25) is 5.91 Å². The van der Waals surface area contributed by atoms with E-state index in [-0.39, 0.29) is 11.9 Å². The van der Waals surface area contributed by atoms with E-state index in [9.17, 15) is 4.79 Å². The Hall–Kier alpha value is -2.44. The van der Waals surface area contributed by atoms with Crippen LogP contribution in [-0.4, -0.2) is 20.7 Å². The van der Waals surface area contributed by atoms with E-state index in [4.69, 9.17) is 11.6 Å². The lowest BCUT2D eigenvalue weighted by Gasteiger charge is -2.13. The molecule has 0 aliphatic carbocycles. The number of carbonyl (C=O) groups is 1. The molecule has 122 valence electrons. The van der Waals surface area contributed by atoms with Crippen molar-refractivity contribution in [1.82, 2.24) is 20.1 Å². The van der Waals surface area contributed by atoms with Gasteiger partial charge in [0.15, 0.2) is 0 Å². The molecule has 1 N–H and O–H groups in total. The van der Waals surface area contributed by atoms with Crippen molar-refractivity contribution < 1.29 is 4.79 Å². The minimum Gasteiger partial charge on any atom is -0.346 e. The molecular formula is C17H15ClN4OS. The smallest absolute Gasteiger partial charge is 0.244 e. The van der Waals surface area contributed by atoms with Crippen LogP contribution < -0.4 is 5.32 Å². The van der Waals surface area contributed by atoms with Crippen LogP contribution >= 0.6 is 22.9 Å². The number of nitrogens with zero attached hydrogens (tertiary/aromatic N) is 3. The van der Waals surface area contributed by atoms with E-state index in [1.165, 1.54) is 23.7 Å². The fraction of sp³-hybridized carbons (Fsp3) is 0.118. The Balaban J connectivity index is 1.60. The molecule has 7 heteroatoms. The van der Waals surface area contributed by atoms with Gasteiger partial charge < -0.3 is 5.32 Å². The van der Waals surface area contributed by atoms with Crippen LogP contribution in [0.5, 0.6) is 0 Å². The molecule has 0 fully saturated rings. The molecule has 0 aliphatic rings. The standard InChI is InChI=1S/C17H15ClN4OS/c1-12(21-17(23)9-7-15-6-8-16(18)24-15)13-2-4-14(5-3-13)22-11-19-10-20-22/h2-12H,1H3,(H,21,23)/b9-7+. The zero-order valence-electron chi connectivity index (χ0n) is 12.9. The summed E-state index contributed by atoms with van der Waals surface area (Å²) in [5.41, 5.74) is 1.93. The zero-order chi connectivity index (χ0) is 16.9. The summed E-state index contributed by atoms with van der Waals surface area (Å²) in [6, 6.07) is 11.4. The molecule has 1 amide bonds. The largest absolute Gasteiger partial charge is 0.346 e. The predicted octanol–water partition coefficient (Wildman–Crippen LogP) is 3.87. The third-order valence-electron chi connectivity index (χ3n) is 3.43. The highest BCUT2D eigenvalue weighted by molar-refractivity contribution is 7.17. The number of benzene rings is 1. The molecule has 0 bridgehead atoms. The van der Waals surface area contributed by atoms with Gasteiger partial charge in [-0.25, -0.2) is 9.67 Å². The first-order valence-corrected chi connectivity index (χ1v) is 8.50. The number of carbonyl (C=O) groups excluding carboxylic acids is 1. The fourth-order valence-electron chi connectivity index (χ4n) is 2.18. The van der Waals surface area contributed by atoms with Crippen molar-refractivity contribution in [3.63, 3.8) is 0 Å². The molecule has 2 heterocycles. The van der Waals surface area contributed by atoms with Crippen molar-refractivity contribution in [2.45, 2.75) is 13.0 Å². The highest BCUT2D eigenvalue weighted by Gasteiger charge is 2.08. The summed E-state index contributed by atoms with van der Waals surface area (Å²) in [5.74, 6) is -0.146. The van der Waals surface area contributed by atoms with E-state index in [1.54, 1.807) is 17.1 Å². The molecule has 0 radical (unpaired) electrons. The van der Waals surface area contributed by atoms with Gasteiger partial charge in [0.05, 0.1) is 16.1 Å². The Morgan fingerprint density at radius 1 is 1.29 bits per heavy atom. The highest BCUT2D eigenvalue weighted by Crippen LogP contribution is 2.22. The monoisotopic (exact) mass is 358 g/mol. The summed E-state index contributed by atoms with van der Waals surface area (Å²) in [7, 11) is 0. The highest BCUT2D eigenvalue weighted by atomic mass is 35.5. The van der Waals surface area contributed by atoms with Gasteiger partial charge in [-0.1, -0.05) is 23.7 Å². The maximum atomic E-state index is 12.0. The minimum atomic E-state index is -0.146. The molecule has 3 rings (SSSR count). The number of halogens is 1. The normalized spacial score (nSPS) is 12.4. The molecule has 3 aromatic rings. The van der Waals surface area contributed by atoms with Gasteiger partial charge in [0, 0.05) is 11.0 Å². The molecule has 0 spiro atoms. The van der Waals surface area contributed by atoms with E-state index >= 15 is 0 Å². The molecule has 0 saturated heterocycles. The number of rotatable bonds is 5. The maximum Gasteiger partial charge on any atom is 0.244 e. The summed E-state index contributed by atoms with van der Waals surface area (Å²) in [5, 5.41) is 7.02. The Kier molecular flexibility index (Phi) is 5.08. The van der Waals surface area contributed by atoms with Crippen molar-refractivity contribution in [3.8, 4) is 5.69 Å². The summed E-state index contributed by atoms with van der Waals surface area (Å²) in [4.78, 5) is 16.9. The topological polar surface area (TPSA) is 59.8 Å². The van der Waals surface area contributed by atoms with E-state index in [0.717, 1.165) is 16.1 Å². The van der Waals surface area contributed by atoms with Gasteiger partial charge in [-0.2, -0.15) is 5.10 Å². The van der Waals surface area contributed by atoms with Gasteiger partial charge in [0.1, 0.15) is 12.7 Å². The van der Waals surface area contributed by atoms with Crippen LogP contribution in [0.3, 0.4) is 0 Å². The first kappa shape index (κ1) is 16.4. The third kappa shape index (κ3) is 4.10. The van der Waals surface area contributed by atoms with Crippen molar-refractivity contribution in [2.24, 2.45) is 0 Å².